The van der Waals surface area contributed by atoms with E-state index >= 15 is 0 Å². The van der Waals surface area contributed by atoms with Crippen LogP contribution in [0.3, 0.4) is 0 Å². The highest BCUT2D eigenvalue weighted by Gasteiger charge is 2.11. The van der Waals surface area contributed by atoms with Gasteiger partial charge in [-0.3, -0.25) is 0 Å². The van der Waals surface area contributed by atoms with Crippen molar-refractivity contribution in [2.45, 2.75) is 13.0 Å². The number of aromatic nitrogens is 2. The van der Waals surface area contributed by atoms with Crippen molar-refractivity contribution in [2.75, 3.05) is 31.1 Å². The van der Waals surface area contributed by atoms with Gasteiger partial charge in [0.15, 0.2) is 5.75 Å². The van der Waals surface area contributed by atoms with Crippen LogP contribution in [0.1, 0.15) is 12.0 Å². The molecule has 0 bridgehead atoms. The molecule has 1 saturated heterocycles. The summed E-state index contributed by atoms with van der Waals surface area (Å²) in [5, 5.41) is 3.37. The highest BCUT2D eigenvalue weighted by molar-refractivity contribution is 5.31. The summed E-state index contributed by atoms with van der Waals surface area (Å²) in [7, 11) is 0. The van der Waals surface area contributed by atoms with Crippen LogP contribution in [-0.4, -0.2) is 36.1 Å². The van der Waals surface area contributed by atoms with E-state index < -0.39 is 0 Å². The van der Waals surface area contributed by atoms with Gasteiger partial charge >= 0.3 is 0 Å². The molecule has 1 aromatic heterocycles. The maximum atomic E-state index is 5.70. The van der Waals surface area contributed by atoms with Gasteiger partial charge in [0.2, 0.25) is 5.95 Å². The molecule has 0 spiro atoms. The molecule has 1 aromatic carbocycles. The van der Waals surface area contributed by atoms with Gasteiger partial charge in [-0.2, -0.15) is 0 Å². The lowest BCUT2D eigenvalue weighted by Crippen LogP contribution is -2.29. The van der Waals surface area contributed by atoms with Gasteiger partial charge in [-0.15, -0.1) is 0 Å². The maximum Gasteiger partial charge on any atom is 0.225 e. The molecule has 5 nitrogen and oxygen atoms in total. The Morgan fingerprint density at radius 3 is 2.67 bits per heavy atom. The smallest absolute Gasteiger partial charge is 0.225 e. The minimum Gasteiger partial charge on any atom is -0.486 e. The van der Waals surface area contributed by atoms with Crippen molar-refractivity contribution in [3.05, 3.63) is 48.3 Å². The first-order valence-electron chi connectivity index (χ1n) is 7.36. The Kier molecular flexibility index (Phi) is 4.63. The van der Waals surface area contributed by atoms with E-state index in [0.29, 0.717) is 12.4 Å². The normalized spacial score (nSPS) is 15.5. The van der Waals surface area contributed by atoms with Crippen LogP contribution in [0.15, 0.2) is 42.7 Å². The number of hydrogen-bond donors (Lipinski definition) is 1. The molecule has 0 amide bonds. The van der Waals surface area contributed by atoms with Crippen LogP contribution in [-0.2, 0) is 6.61 Å². The van der Waals surface area contributed by atoms with Crippen LogP contribution in [0.5, 0.6) is 5.75 Å². The molecule has 0 radical (unpaired) electrons. The summed E-state index contributed by atoms with van der Waals surface area (Å²) in [6.07, 6.45) is 4.63. The van der Waals surface area contributed by atoms with Crippen LogP contribution in [0, 0.1) is 0 Å². The molecule has 110 valence electrons. The lowest BCUT2D eigenvalue weighted by molar-refractivity contribution is 0.303. The fraction of sp³-hybridized carbons (Fsp3) is 0.375. The van der Waals surface area contributed by atoms with Gasteiger partial charge in [0.1, 0.15) is 6.61 Å². The minimum absolute atomic E-state index is 0.539. The zero-order valence-corrected chi connectivity index (χ0v) is 12.0. The SMILES string of the molecule is c1ccc(COc2cnc(N3CCCNCC3)nc2)cc1. The molecule has 2 heterocycles. The van der Waals surface area contributed by atoms with Gasteiger partial charge in [0.05, 0.1) is 12.4 Å². The predicted molar refractivity (Wildman–Crippen MR) is 82.5 cm³/mol. The molecule has 2 aromatic rings. The summed E-state index contributed by atoms with van der Waals surface area (Å²) in [5.41, 5.74) is 1.14. The monoisotopic (exact) mass is 284 g/mol. The molecule has 1 aliphatic rings. The largest absolute Gasteiger partial charge is 0.486 e. The van der Waals surface area contributed by atoms with Crippen LogP contribution < -0.4 is 15.0 Å². The molecule has 0 unspecified atom stereocenters. The first-order valence-corrected chi connectivity index (χ1v) is 7.36. The van der Waals surface area contributed by atoms with Crippen molar-refractivity contribution in [3.8, 4) is 5.75 Å². The lowest BCUT2D eigenvalue weighted by atomic mass is 10.2. The first kappa shape index (κ1) is 13.8. The third-order valence-corrected chi connectivity index (χ3v) is 3.49. The van der Waals surface area contributed by atoms with Crippen LogP contribution in [0.2, 0.25) is 0 Å². The minimum atomic E-state index is 0.539. The number of nitrogens with one attached hydrogen (secondary N) is 1. The quantitative estimate of drug-likeness (QED) is 0.928. The Morgan fingerprint density at radius 1 is 1.05 bits per heavy atom. The van der Waals surface area contributed by atoms with E-state index in [1.807, 2.05) is 30.3 Å². The van der Waals surface area contributed by atoms with Crippen LogP contribution in [0.4, 0.5) is 5.95 Å². The van der Waals surface area contributed by atoms with Crippen molar-refractivity contribution in [2.24, 2.45) is 0 Å². The first-order chi connectivity index (χ1) is 10.4. The van der Waals surface area contributed by atoms with E-state index in [-0.39, 0.29) is 0 Å². The van der Waals surface area contributed by atoms with E-state index in [1.54, 1.807) is 12.4 Å². The molecular formula is C16H20N4O. The second-order valence-corrected chi connectivity index (χ2v) is 5.08. The lowest BCUT2D eigenvalue weighted by Gasteiger charge is -2.19. The van der Waals surface area contributed by atoms with E-state index in [4.69, 9.17) is 4.74 Å². The molecule has 1 N–H and O–H groups in total. The second-order valence-electron chi connectivity index (χ2n) is 5.08. The Balaban J connectivity index is 1.58. The van der Waals surface area contributed by atoms with Gasteiger partial charge in [0, 0.05) is 19.6 Å². The highest BCUT2D eigenvalue weighted by atomic mass is 16.5. The average Bonchev–Trinajstić information content (AvgIpc) is 2.84. The predicted octanol–water partition coefficient (Wildman–Crippen LogP) is 1.86. The molecule has 0 aliphatic carbocycles. The van der Waals surface area contributed by atoms with Gasteiger partial charge in [-0.25, -0.2) is 9.97 Å². The number of rotatable bonds is 4. The molecule has 0 atom stereocenters. The van der Waals surface area contributed by atoms with E-state index in [0.717, 1.165) is 44.1 Å². The van der Waals surface area contributed by atoms with Gasteiger partial charge in [0.25, 0.3) is 0 Å². The topological polar surface area (TPSA) is 50.3 Å². The number of benzene rings is 1. The Labute approximate surface area is 125 Å². The third kappa shape index (κ3) is 3.92. The van der Waals surface area contributed by atoms with Crippen LogP contribution in [0.25, 0.3) is 0 Å². The highest BCUT2D eigenvalue weighted by Crippen LogP contribution is 2.14. The molecular weight excluding hydrogens is 264 g/mol. The molecule has 1 fully saturated rings. The average molecular weight is 284 g/mol. The van der Waals surface area contributed by atoms with Crippen molar-refractivity contribution in [3.63, 3.8) is 0 Å². The second kappa shape index (κ2) is 7.04. The van der Waals surface area contributed by atoms with E-state index in [2.05, 4.69) is 20.2 Å². The number of anilines is 1. The summed E-state index contributed by atoms with van der Waals surface area (Å²) in [4.78, 5) is 11.0. The third-order valence-electron chi connectivity index (χ3n) is 3.49. The standard InChI is InChI=1S/C16H20N4O/c1-2-5-14(6-3-1)13-21-15-11-18-16(19-12-15)20-9-4-7-17-8-10-20/h1-3,5-6,11-12,17H,4,7-10,13H2. The van der Waals surface area contributed by atoms with Crippen LogP contribution >= 0.6 is 0 Å². The summed E-state index contributed by atoms with van der Waals surface area (Å²) >= 11 is 0. The van der Waals surface area contributed by atoms with Crippen molar-refractivity contribution in [1.29, 1.82) is 0 Å². The van der Waals surface area contributed by atoms with Crippen molar-refractivity contribution >= 4 is 5.95 Å². The molecule has 3 rings (SSSR count). The van der Waals surface area contributed by atoms with Crippen molar-refractivity contribution < 1.29 is 4.74 Å². The molecule has 5 heteroatoms. The Morgan fingerprint density at radius 2 is 1.86 bits per heavy atom. The van der Waals surface area contributed by atoms with E-state index in [9.17, 15) is 0 Å². The zero-order valence-electron chi connectivity index (χ0n) is 12.0. The summed E-state index contributed by atoms with van der Waals surface area (Å²) in [6, 6.07) is 10.1. The molecule has 21 heavy (non-hydrogen) atoms. The summed E-state index contributed by atoms with van der Waals surface area (Å²) in [6.45, 7) is 4.53. The number of hydrogen-bond acceptors (Lipinski definition) is 5. The summed E-state index contributed by atoms with van der Waals surface area (Å²) < 4.78 is 5.70. The summed E-state index contributed by atoms with van der Waals surface area (Å²) in [5.74, 6) is 1.49. The Bertz CT molecular complexity index is 536. The molecule has 1 aliphatic heterocycles. The fourth-order valence-corrected chi connectivity index (χ4v) is 2.33. The van der Waals surface area contributed by atoms with Gasteiger partial charge in [-0.1, -0.05) is 30.3 Å². The number of ether oxygens (including phenoxy) is 1. The van der Waals surface area contributed by atoms with Gasteiger partial charge < -0.3 is 15.0 Å². The Hall–Kier alpha value is -2.14. The van der Waals surface area contributed by atoms with Gasteiger partial charge in [-0.05, 0) is 18.5 Å². The zero-order chi connectivity index (χ0) is 14.3. The number of nitrogens with zero attached hydrogens (tertiary/aromatic N) is 3. The van der Waals surface area contributed by atoms with Crippen molar-refractivity contribution in [1.82, 2.24) is 15.3 Å². The maximum absolute atomic E-state index is 5.70. The van der Waals surface area contributed by atoms with E-state index in [1.165, 1.54) is 0 Å². The molecule has 0 saturated carbocycles. The fourth-order valence-electron chi connectivity index (χ4n) is 2.33.